The fourth-order valence-electron chi connectivity index (χ4n) is 1.41. The van der Waals surface area contributed by atoms with E-state index in [0.717, 1.165) is 0 Å². The first kappa shape index (κ1) is 28.3. The molecule has 0 radical (unpaired) electrons. The molecule has 0 amide bonds. The average molecular weight is 449 g/mol. The van der Waals surface area contributed by atoms with E-state index in [0.29, 0.717) is 0 Å². The van der Waals surface area contributed by atoms with Gasteiger partial charge in [-0.05, 0) is 0 Å². The molecule has 0 aliphatic rings. The van der Waals surface area contributed by atoms with Crippen molar-refractivity contribution in [2.45, 2.75) is 55.4 Å². The molecule has 0 atom stereocenters. The normalized spacial score (nSPS) is 7.95. The van der Waals surface area contributed by atoms with E-state index in [2.05, 4.69) is 34.6 Å². The minimum Gasteiger partial charge on any atom is -0.855 e. The Hall–Kier alpha value is 0.100. The molecule has 4 heteroatoms. The van der Waals surface area contributed by atoms with Gasteiger partial charge in [-0.15, -0.1) is 19.8 Å². The molecule has 0 heterocycles. The summed E-state index contributed by atoms with van der Waals surface area (Å²) in [5.74, 6) is 0. The first-order valence-corrected chi connectivity index (χ1v) is 6.74. The van der Waals surface area contributed by atoms with E-state index in [9.17, 15) is 0 Å². The molecule has 116 valence electrons. The molecular weight excluding hydrogens is 419 g/mol. The van der Waals surface area contributed by atoms with Crippen LogP contribution in [0.15, 0.2) is 0 Å². The van der Waals surface area contributed by atoms with Gasteiger partial charge < -0.3 is 15.3 Å². The van der Waals surface area contributed by atoms with Crippen LogP contribution >= 0.6 is 0 Å². The molecule has 1 aromatic rings. The molecule has 20 heavy (non-hydrogen) atoms. The van der Waals surface area contributed by atoms with Gasteiger partial charge in [0.2, 0.25) is 0 Å². The van der Waals surface area contributed by atoms with Crippen molar-refractivity contribution in [1.29, 1.82) is 0 Å². The molecule has 0 fully saturated rings. The van der Waals surface area contributed by atoms with Gasteiger partial charge in [0.15, 0.2) is 0 Å². The van der Waals surface area contributed by atoms with Gasteiger partial charge in [-0.2, -0.15) is 27.8 Å². The Morgan fingerprint density at radius 1 is 0.700 bits per heavy atom. The zero-order valence-electron chi connectivity index (χ0n) is 14.3. The summed E-state index contributed by atoms with van der Waals surface area (Å²) >= 11 is 0. The number of rotatable bonds is 0. The summed E-state index contributed by atoms with van der Waals surface area (Å²) in [4.78, 5) is 0. The van der Waals surface area contributed by atoms with Crippen molar-refractivity contribution in [3.05, 3.63) is 27.8 Å². The molecule has 0 aliphatic carbocycles. The molecule has 0 aliphatic heterocycles. The van der Waals surface area contributed by atoms with Crippen molar-refractivity contribution in [1.82, 2.24) is 0 Å². The van der Waals surface area contributed by atoms with Crippen LogP contribution < -0.4 is 15.3 Å². The van der Waals surface area contributed by atoms with E-state index in [1.165, 1.54) is 27.8 Å². The Kier molecular flexibility index (Phi) is 27.0. The van der Waals surface area contributed by atoms with E-state index in [1.54, 1.807) is 20.8 Å². The van der Waals surface area contributed by atoms with Crippen molar-refractivity contribution in [3.8, 4) is 0 Å². The van der Waals surface area contributed by atoms with E-state index in [4.69, 9.17) is 15.3 Å². The van der Waals surface area contributed by atoms with Crippen LogP contribution in [0.25, 0.3) is 0 Å². The van der Waals surface area contributed by atoms with Gasteiger partial charge in [0.25, 0.3) is 0 Å². The largest absolute Gasteiger partial charge is 4.00 e. The Labute approximate surface area is 144 Å². The van der Waals surface area contributed by atoms with Gasteiger partial charge >= 0.3 is 25.8 Å². The van der Waals surface area contributed by atoms with Gasteiger partial charge in [0, 0.05) is 0 Å². The molecule has 3 nitrogen and oxygen atoms in total. The maximum atomic E-state index is 8.93. The number of hydrogen-bond donors (Lipinski definition) is 0. The van der Waals surface area contributed by atoms with Gasteiger partial charge in [-0.1, -0.05) is 55.4 Å². The molecule has 1 rings (SSSR count). The smallest absolute Gasteiger partial charge is 0.855 e. The Morgan fingerprint density at radius 2 is 0.850 bits per heavy atom. The van der Waals surface area contributed by atoms with Gasteiger partial charge in [-0.25, -0.2) is 0 Å². The zero-order valence-corrected chi connectivity index (χ0v) is 17.9. The molecular formula is C16H30HfO3. The maximum absolute atomic E-state index is 8.93. The Balaban J connectivity index is -0.000000108. The molecule has 0 spiro atoms. The minimum absolute atomic E-state index is 0. The second kappa shape index (κ2) is 19.1. The minimum atomic E-state index is 0. The molecule has 0 bridgehead atoms. The monoisotopic (exact) mass is 450 g/mol. The van der Waals surface area contributed by atoms with Crippen molar-refractivity contribution in [3.63, 3.8) is 0 Å². The van der Waals surface area contributed by atoms with E-state index >= 15 is 0 Å². The van der Waals surface area contributed by atoms with Crippen LogP contribution in [0.2, 0.25) is 0 Å². The summed E-state index contributed by atoms with van der Waals surface area (Å²) < 4.78 is 0. The van der Waals surface area contributed by atoms with E-state index in [-0.39, 0.29) is 45.7 Å². The predicted molar refractivity (Wildman–Crippen MR) is 77.3 cm³/mol. The van der Waals surface area contributed by atoms with Crippen LogP contribution in [0.3, 0.4) is 0 Å². The van der Waals surface area contributed by atoms with Gasteiger partial charge in [0.1, 0.15) is 0 Å². The molecule has 0 saturated heterocycles. The first-order chi connectivity index (χ1) is 8.80. The Bertz CT molecular complexity index is 222. The molecule has 0 N–H and O–H groups in total. The average Bonchev–Trinajstić information content (AvgIpc) is 2.51. The van der Waals surface area contributed by atoms with Gasteiger partial charge in [-0.3, -0.25) is 0 Å². The van der Waals surface area contributed by atoms with Crippen molar-refractivity contribution < 1.29 is 41.2 Å². The maximum Gasteiger partial charge on any atom is 4.00 e. The third kappa shape index (κ3) is 13.1. The van der Waals surface area contributed by atoms with Crippen LogP contribution in [0.1, 0.15) is 48.6 Å². The van der Waals surface area contributed by atoms with Crippen LogP contribution in [0.5, 0.6) is 0 Å². The second-order valence-corrected chi connectivity index (χ2v) is 3.99. The third-order valence-corrected chi connectivity index (χ3v) is 2.81. The zero-order chi connectivity index (χ0) is 16.0. The van der Waals surface area contributed by atoms with Crippen molar-refractivity contribution in [2.75, 3.05) is 19.8 Å². The van der Waals surface area contributed by atoms with Crippen LogP contribution in [0, 0.1) is 34.6 Å². The fraction of sp³-hybridized carbons (Fsp3) is 0.688. The summed E-state index contributed by atoms with van der Waals surface area (Å²) in [5, 5.41) is 26.8. The van der Waals surface area contributed by atoms with Crippen LogP contribution in [-0.4, -0.2) is 19.8 Å². The van der Waals surface area contributed by atoms with E-state index in [1.807, 2.05) is 0 Å². The van der Waals surface area contributed by atoms with Crippen LogP contribution in [-0.2, 0) is 25.8 Å². The first-order valence-electron chi connectivity index (χ1n) is 6.74. The summed E-state index contributed by atoms with van der Waals surface area (Å²) in [7, 11) is 0. The molecule has 0 unspecified atom stereocenters. The quantitative estimate of drug-likeness (QED) is 0.440. The summed E-state index contributed by atoms with van der Waals surface area (Å²) in [6, 6.07) is 0. The van der Waals surface area contributed by atoms with Crippen LogP contribution in [0.4, 0.5) is 0 Å². The Morgan fingerprint density at radius 3 is 0.900 bits per heavy atom. The standard InChI is InChI=1S/C10H15.3C2H5O.Hf/c1-6-7(2)9(4)10(5)8(6)3;3*1-2-3;/h1-5H3;3*2H2,1H3;/q4*-1;+4. The predicted octanol–water partition coefficient (Wildman–Crippen LogP) is 1.04. The fourth-order valence-corrected chi connectivity index (χ4v) is 1.41. The van der Waals surface area contributed by atoms with Crippen molar-refractivity contribution >= 4 is 0 Å². The van der Waals surface area contributed by atoms with Gasteiger partial charge in [0.05, 0.1) is 0 Å². The van der Waals surface area contributed by atoms with Crippen molar-refractivity contribution in [2.24, 2.45) is 0 Å². The SMILES string of the molecule is CC[O-].CC[O-].CC[O-].Cc1c(C)c(C)[c-](C)c1C.[Hf+4]. The summed E-state index contributed by atoms with van der Waals surface area (Å²) in [5.41, 5.74) is 7.34. The summed E-state index contributed by atoms with van der Waals surface area (Å²) in [6.07, 6.45) is 0. The third-order valence-electron chi connectivity index (χ3n) is 2.81. The number of hydrogen-bond acceptors (Lipinski definition) is 3. The molecule has 0 aromatic heterocycles. The van der Waals surface area contributed by atoms with E-state index < -0.39 is 0 Å². The second-order valence-electron chi connectivity index (χ2n) is 3.99. The topological polar surface area (TPSA) is 69.2 Å². The molecule has 0 saturated carbocycles. The molecule has 1 aromatic carbocycles. The summed E-state index contributed by atoms with van der Waals surface area (Å²) in [6.45, 7) is 15.7.